The molecule has 32 heavy (non-hydrogen) atoms. The van der Waals surface area contributed by atoms with Crippen molar-refractivity contribution in [2.24, 2.45) is 5.92 Å². The number of hydrogen-bond donors (Lipinski definition) is 0. The van der Waals surface area contributed by atoms with Crippen LogP contribution in [0.3, 0.4) is 0 Å². The third-order valence-electron chi connectivity index (χ3n) is 5.85. The number of rotatable bonds is 3. The van der Waals surface area contributed by atoms with Gasteiger partial charge in [0.1, 0.15) is 17.3 Å². The highest BCUT2D eigenvalue weighted by molar-refractivity contribution is 6.00. The number of carbonyl (C=O) groups excluding carboxylic acids is 2. The van der Waals surface area contributed by atoms with Crippen molar-refractivity contribution in [1.29, 1.82) is 0 Å². The maximum absolute atomic E-state index is 13.1. The van der Waals surface area contributed by atoms with Gasteiger partial charge in [-0.25, -0.2) is 9.97 Å². The van der Waals surface area contributed by atoms with Crippen molar-refractivity contribution in [1.82, 2.24) is 14.9 Å². The molecule has 1 aromatic heterocycles. The molecule has 2 aliphatic heterocycles. The zero-order valence-corrected chi connectivity index (χ0v) is 17.9. The molecule has 3 heterocycles. The van der Waals surface area contributed by atoms with Crippen LogP contribution >= 0.6 is 0 Å². The second kappa shape index (κ2) is 8.40. The SMILES string of the molecule is Cc1ccc(N2CC(C(=O)N3CCN(c4cc(C(F)(F)F)nc(C)n4)CC3)CC2=O)cc1. The lowest BCUT2D eigenvalue weighted by Gasteiger charge is -2.36. The lowest BCUT2D eigenvalue weighted by molar-refractivity contribution is -0.141. The van der Waals surface area contributed by atoms with Crippen molar-refractivity contribution >= 4 is 23.3 Å². The third-order valence-corrected chi connectivity index (χ3v) is 5.85. The average Bonchev–Trinajstić information content (AvgIpc) is 3.14. The first kappa shape index (κ1) is 22.0. The van der Waals surface area contributed by atoms with Crippen LogP contribution in [-0.2, 0) is 15.8 Å². The maximum Gasteiger partial charge on any atom is 0.433 e. The molecule has 0 N–H and O–H groups in total. The number of hydrogen-bond acceptors (Lipinski definition) is 5. The Kier molecular flexibility index (Phi) is 5.79. The normalized spacial score (nSPS) is 19.6. The summed E-state index contributed by atoms with van der Waals surface area (Å²) in [4.78, 5) is 38.2. The molecule has 1 aromatic carbocycles. The van der Waals surface area contributed by atoms with E-state index in [0.717, 1.165) is 17.3 Å². The fraction of sp³-hybridized carbons (Fsp3) is 0.455. The Bertz CT molecular complexity index is 1020. The molecule has 1 atom stereocenters. The number of alkyl halides is 3. The van der Waals surface area contributed by atoms with Crippen LogP contribution in [0, 0.1) is 19.8 Å². The summed E-state index contributed by atoms with van der Waals surface area (Å²) in [6, 6.07) is 8.54. The van der Waals surface area contributed by atoms with Gasteiger partial charge in [0.05, 0.1) is 5.92 Å². The largest absolute Gasteiger partial charge is 0.433 e. The van der Waals surface area contributed by atoms with Crippen LogP contribution in [0.2, 0.25) is 0 Å². The maximum atomic E-state index is 13.1. The lowest BCUT2D eigenvalue weighted by Crippen LogP contribution is -2.51. The third kappa shape index (κ3) is 4.53. The van der Waals surface area contributed by atoms with Crippen molar-refractivity contribution in [2.45, 2.75) is 26.4 Å². The van der Waals surface area contributed by atoms with Gasteiger partial charge in [-0.05, 0) is 26.0 Å². The van der Waals surface area contributed by atoms with E-state index in [2.05, 4.69) is 9.97 Å². The summed E-state index contributed by atoms with van der Waals surface area (Å²) in [5.74, 6) is -0.342. The minimum atomic E-state index is -4.54. The lowest BCUT2D eigenvalue weighted by atomic mass is 10.1. The van der Waals surface area contributed by atoms with Crippen LogP contribution in [0.25, 0.3) is 0 Å². The van der Waals surface area contributed by atoms with Crippen LogP contribution in [0.5, 0.6) is 0 Å². The molecule has 10 heteroatoms. The summed E-state index contributed by atoms with van der Waals surface area (Å²) in [5, 5.41) is 0. The molecule has 4 rings (SSSR count). The Hall–Kier alpha value is -3.17. The van der Waals surface area contributed by atoms with E-state index in [4.69, 9.17) is 0 Å². The van der Waals surface area contributed by atoms with Crippen molar-refractivity contribution in [3.05, 3.63) is 47.4 Å². The van der Waals surface area contributed by atoms with Gasteiger partial charge in [0.15, 0.2) is 0 Å². The van der Waals surface area contributed by atoms with Gasteiger partial charge in [0, 0.05) is 50.9 Å². The summed E-state index contributed by atoms with van der Waals surface area (Å²) in [5.41, 5.74) is 0.895. The van der Waals surface area contributed by atoms with Gasteiger partial charge in [0.2, 0.25) is 11.8 Å². The molecular weight excluding hydrogens is 423 g/mol. The van der Waals surface area contributed by atoms with Gasteiger partial charge in [-0.3, -0.25) is 9.59 Å². The first-order valence-corrected chi connectivity index (χ1v) is 10.5. The average molecular weight is 447 g/mol. The van der Waals surface area contributed by atoms with Gasteiger partial charge in [-0.2, -0.15) is 13.2 Å². The topological polar surface area (TPSA) is 69.6 Å². The highest BCUT2D eigenvalue weighted by Gasteiger charge is 2.38. The number of benzene rings is 1. The van der Waals surface area contributed by atoms with Crippen molar-refractivity contribution in [3.8, 4) is 0 Å². The van der Waals surface area contributed by atoms with Crippen molar-refractivity contribution in [2.75, 3.05) is 42.5 Å². The fourth-order valence-electron chi connectivity index (χ4n) is 4.12. The second-order valence-corrected chi connectivity index (χ2v) is 8.21. The zero-order valence-electron chi connectivity index (χ0n) is 17.9. The summed E-state index contributed by atoms with van der Waals surface area (Å²) >= 11 is 0. The van der Waals surface area contributed by atoms with E-state index in [9.17, 15) is 22.8 Å². The van der Waals surface area contributed by atoms with Crippen LogP contribution in [0.15, 0.2) is 30.3 Å². The van der Waals surface area contributed by atoms with Gasteiger partial charge < -0.3 is 14.7 Å². The minimum absolute atomic E-state index is 0.0500. The predicted octanol–water partition coefficient (Wildman–Crippen LogP) is 2.81. The Balaban J connectivity index is 1.38. The molecule has 0 bridgehead atoms. The van der Waals surface area contributed by atoms with Gasteiger partial charge in [-0.1, -0.05) is 17.7 Å². The number of anilines is 2. The first-order chi connectivity index (χ1) is 15.1. The van der Waals surface area contributed by atoms with E-state index in [-0.39, 0.29) is 29.9 Å². The molecule has 0 aliphatic carbocycles. The standard InChI is InChI=1S/C22H24F3N5O2/c1-14-3-5-17(6-4-14)30-13-16(11-20(30)31)21(32)29-9-7-28(8-10-29)19-12-18(22(23,24)25)26-15(2)27-19/h3-6,12,16H,7-11,13H2,1-2H3. The second-order valence-electron chi connectivity index (χ2n) is 8.21. The molecule has 1 unspecified atom stereocenters. The molecule has 170 valence electrons. The minimum Gasteiger partial charge on any atom is -0.353 e. The Morgan fingerprint density at radius 1 is 1.03 bits per heavy atom. The number of piperazine rings is 1. The van der Waals surface area contributed by atoms with E-state index < -0.39 is 17.8 Å². The van der Waals surface area contributed by atoms with Gasteiger partial charge in [-0.15, -0.1) is 0 Å². The Morgan fingerprint density at radius 3 is 2.31 bits per heavy atom. The number of aryl methyl sites for hydroxylation is 2. The molecule has 2 saturated heterocycles. The molecule has 2 amide bonds. The zero-order chi connectivity index (χ0) is 23.0. The highest BCUT2D eigenvalue weighted by atomic mass is 19.4. The number of nitrogens with zero attached hydrogens (tertiary/aromatic N) is 5. The molecule has 2 aliphatic rings. The quantitative estimate of drug-likeness (QED) is 0.724. The number of halogens is 3. The number of aromatic nitrogens is 2. The van der Waals surface area contributed by atoms with E-state index in [1.165, 1.54) is 6.92 Å². The van der Waals surface area contributed by atoms with E-state index in [0.29, 0.717) is 32.7 Å². The molecule has 2 aromatic rings. The number of carbonyl (C=O) groups is 2. The predicted molar refractivity (Wildman–Crippen MR) is 112 cm³/mol. The smallest absolute Gasteiger partial charge is 0.353 e. The van der Waals surface area contributed by atoms with Gasteiger partial charge >= 0.3 is 6.18 Å². The van der Waals surface area contributed by atoms with E-state index in [1.54, 1.807) is 14.7 Å². The van der Waals surface area contributed by atoms with Gasteiger partial charge in [0.25, 0.3) is 0 Å². The highest BCUT2D eigenvalue weighted by Crippen LogP contribution is 2.30. The monoisotopic (exact) mass is 447 g/mol. The Labute approximate surface area is 183 Å². The summed E-state index contributed by atoms with van der Waals surface area (Å²) in [6.07, 6.45) is -4.38. The van der Waals surface area contributed by atoms with Crippen LogP contribution in [0.4, 0.5) is 24.7 Å². The van der Waals surface area contributed by atoms with E-state index in [1.807, 2.05) is 31.2 Å². The molecule has 0 saturated carbocycles. The summed E-state index contributed by atoms with van der Waals surface area (Å²) in [7, 11) is 0. The molecule has 0 radical (unpaired) electrons. The van der Waals surface area contributed by atoms with E-state index >= 15 is 0 Å². The first-order valence-electron chi connectivity index (χ1n) is 10.5. The Morgan fingerprint density at radius 2 is 1.69 bits per heavy atom. The molecular formula is C22H24F3N5O2. The van der Waals surface area contributed by atoms with Crippen LogP contribution in [0.1, 0.15) is 23.5 Å². The van der Waals surface area contributed by atoms with Crippen molar-refractivity contribution in [3.63, 3.8) is 0 Å². The molecule has 2 fully saturated rings. The molecule has 0 spiro atoms. The van der Waals surface area contributed by atoms with Crippen LogP contribution < -0.4 is 9.80 Å². The van der Waals surface area contributed by atoms with Crippen LogP contribution in [-0.4, -0.2) is 59.4 Å². The summed E-state index contributed by atoms with van der Waals surface area (Å²) in [6.45, 7) is 5.17. The fourth-order valence-corrected chi connectivity index (χ4v) is 4.12. The number of amides is 2. The summed E-state index contributed by atoms with van der Waals surface area (Å²) < 4.78 is 39.2. The van der Waals surface area contributed by atoms with Crippen molar-refractivity contribution < 1.29 is 22.8 Å². The molecule has 7 nitrogen and oxygen atoms in total.